The summed E-state index contributed by atoms with van der Waals surface area (Å²) in [4.78, 5) is 70.5. The van der Waals surface area contributed by atoms with Crippen molar-refractivity contribution in [1.29, 1.82) is 0 Å². The molecule has 3 heterocycles. The van der Waals surface area contributed by atoms with Crippen LogP contribution in [-0.4, -0.2) is 102 Å². The van der Waals surface area contributed by atoms with Gasteiger partial charge in [0.1, 0.15) is 12.1 Å². The average Bonchev–Trinajstić information content (AvgIpc) is 3.45. The summed E-state index contributed by atoms with van der Waals surface area (Å²) in [5.74, 6) is -1.96. The summed E-state index contributed by atoms with van der Waals surface area (Å²) in [5, 5.41) is 13.5. The summed E-state index contributed by atoms with van der Waals surface area (Å²) in [6.07, 6.45) is 1.16. The molecule has 0 aliphatic carbocycles. The molecule has 2 atom stereocenters. The molecule has 15 heteroatoms. The molecule has 4 aromatic carbocycles. The van der Waals surface area contributed by atoms with Gasteiger partial charge in [-0.15, -0.1) is 0 Å². The van der Waals surface area contributed by atoms with Crippen molar-refractivity contribution in [3.8, 4) is 0 Å². The van der Waals surface area contributed by atoms with Gasteiger partial charge in [0.05, 0.1) is 36.2 Å². The number of nitrogens with zero attached hydrogens (tertiary/aromatic N) is 4. The first kappa shape index (κ1) is 39.5. The fourth-order valence-electron chi connectivity index (χ4n) is 8.07. The zero-order valence-electron chi connectivity index (χ0n) is 31.2. The molecule has 4 aromatic rings. The van der Waals surface area contributed by atoms with Gasteiger partial charge in [0.15, 0.2) is 0 Å². The van der Waals surface area contributed by atoms with E-state index in [4.69, 9.17) is 11.6 Å². The van der Waals surface area contributed by atoms with E-state index in [0.29, 0.717) is 36.6 Å². The van der Waals surface area contributed by atoms with Gasteiger partial charge in [-0.3, -0.25) is 33.3 Å². The summed E-state index contributed by atoms with van der Waals surface area (Å²) in [5.41, 5.74) is 4.22. The van der Waals surface area contributed by atoms with Gasteiger partial charge in [-0.1, -0.05) is 78.3 Å². The molecule has 3 aliphatic rings. The minimum atomic E-state index is -3.86. The van der Waals surface area contributed by atoms with Gasteiger partial charge >= 0.3 is 6.09 Å². The van der Waals surface area contributed by atoms with Crippen molar-refractivity contribution in [2.45, 2.75) is 50.2 Å². The summed E-state index contributed by atoms with van der Waals surface area (Å²) >= 11 is 6.13. The third-order valence-corrected chi connectivity index (χ3v) is 12.5. The van der Waals surface area contributed by atoms with E-state index in [1.807, 2.05) is 36.4 Å². The van der Waals surface area contributed by atoms with Gasteiger partial charge in [-0.25, -0.2) is 13.2 Å². The maximum atomic E-state index is 14.3. The lowest BCUT2D eigenvalue weighted by atomic mass is 9.87. The minimum absolute atomic E-state index is 0.0495. The number of likely N-dealkylation sites (tertiary alicyclic amines) is 1. The summed E-state index contributed by atoms with van der Waals surface area (Å²) in [7, 11) is -3.86. The normalized spacial score (nSPS) is 17.5. The van der Waals surface area contributed by atoms with Gasteiger partial charge in [-0.2, -0.15) is 0 Å². The Morgan fingerprint density at radius 1 is 0.860 bits per heavy atom. The number of hydrogen-bond acceptors (Lipinski definition) is 7. The maximum Gasteiger partial charge on any atom is 0.408 e. The lowest BCUT2D eigenvalue weighted by Crippen LogP contribution is -2.58. The van der Waals surface area contributed by atoms with E-state index in [1.54, 1.807) is 65.6 Å². The standard InChI is InChI=1S/C42H42ClN5O8S/c1-57(55,56)48(23-22-46-39(50)33-11-4-5-12-34(33)40(46)51)36-13-7-6-10-32(36)28-18-20-45(21-19-28)41(52)35(24-27-14-16-31(43)17-15-27)44-38(49)37-25-29-8-2-3-9-30(29)26-47(37)42(53)54/h2-17,28,35,37H,18-26H2,1H3,(H,44,49)(H,53,54)/t35-,37+/m1/s1. The number of nitrogens with one attached hydrogen (secondary N) is 1. The van der Waals surface area contributed by atoms with Crippen molar-refractivity contribution >= 4 is 57.0 Å². The molecule has 2 N–H and O–H groups in total. The first-order valence-electron chi connectivity index (χ1n) is 18.7. The molecule has 1 fully saturated rings. The van der Waals surface area contributed by atoms with E-state index in [0.717, 1.165) is 38.3 Å². The first-order valence-corrected chi connectivity index (χ1v) is 20.9. The summed E-state index contributed by atoms with van der Waals surface area (Å²) in [6, 6.07) is 25.9. The van der Waals surface area contributed by atoms with Crippen LogP contribution in [0.2, 0.25) is 5.02 Å². The number of halogens is 1. The SMILES string of the molecule is CS(=O)(=O)N(CCN1C(=O)c2ccccc2C1=O)c1ccccc1C1CCN(C(=O)[C@@H](Cc2ccc(Cl)cc2)NC(=O)[C@@H]2Cc3ccccc3CN2C(=O)O)CC1. The number of piperidine rings is 1. The zero-order chi connectivity index (χ0) is 40.4. The molecule has 5 amide bonds. The minimum Gasteiger partial charge on any atom is -0.465 e. The highest BCUT2D eigenvalue weighted by Crippen LogP contribution is 2.36. The molecule has 13 nitrogen and oxygen atoms in total. The van der Waals surface area contributed by atoms with Crippen LogP contribution in [0.5, 0.6) is 0 Å². The smallest absolute Gasteiger partial charge is 0.408 e. The van der Waals surface area contributed by atoms with E-state index >= 15 is 0 Å². The van der Waals surface area contributed by atoms with E-state index in [1.165, 1.54) is 4.31 Å². The van der Waals surface area contributed by atoms with Gasteiger partial charge in [0.25, 0.3) is 11.8 Å². The van der Waals surface area contributed by atoms with Gasteiger partial charge < -0.3 is 15.3 Å². The second-order valence-electron chi connectivity index (χ2n) is 14.6. The zero-order valence-corrected chi connectivity index (χ0v) is 32.8. The topological polar surface area (TPSA) is 165 Å². The third-order valence-electron chi connectivity index (χ3n) is 11.0. The number of carbonyl (C=O) groups excluding carboxylic acids is 4. The Morgan fingerprint density at radius 2 is 1.46 bits per heavy atom. The number of carbonyl (C=O) groups is 5. The van der Waals surface area contributed by atoms with E-state index in [2.05, 4.69) is 5.32 Å². The Morgan fingerprint density at radius 3 is 2.09 bits per heavy atom. The predicted octanol–water partition coefficient (Wildman–Crippen LogP) is 4.94. The lowest BCUT2D eigenvalue weighted by molar-refractivity contribution is -0.138. The molecule has 0 aromatic heterocycles. The number of imide groups is 1. The fourth-order valence-corrected chi connectivity index (χ4v) is 9.13. The molecule has 0 radical (unpaired) electrons. The van der Waals surface area contributed by atoms with Crippen molar-refractivity contribution in [3.63, 3.8) is 0 Å². The van der Waals surface area contributed by atoms with Crippen molar-refractivity contribution in [1.82, 2.24) is 20.0 Å². The summed E-state index contributed by atoms with van der Waals surface area (Å²) < 4.78 is 27.8. The second-order valence-corrected chi connectivity index (χ2v) is 16.9. The van der Waals surface area contributed by atoms with Crippen molar-refractivity contribution in [2.24, 2.45) is 0 Å². The number of carboxylic acid groups (broad SMARTS) is 1. The number of benzene rings is 4. The Bertz CT molecular complexity index is 2300. The van der Waals surface area contributed by atoms with Crippen LogP contribution in [0.3, 0.4) is 0 Å². The first-order chi connectivity index (χ1) is 27.3. The van der Waals surface area contributed by atoms with Crippen molar-refractivity contribution < 1.29 is 37.5 Å². The summed E-state index contributed by atoms with van der Waals surface area (Å²) in [6.45, 7) is 0.400. The Hall–Kier alpha value is -5.73. The average molecular weight is 812 g/mol. The third kappa shape index (κ3) is 8.37. The number of rotatable bonds is 11. The molecule has 0 saturated carbocycles. The molecule has 0 unspecified atom stereocenters. The van der Waals surface area contributed by atoms with E-state index < -0.39 is 45.9 Å². The molecule has 7 rings (SSSR count). The van der Waals surface area contributed by atoms with E-state index in [-0.39, 0.29) is 55.4 Å². The van der Waals surface area contributed by atoms with Crippen molar-refractivity contribution in [3.05, 3.63) is 135 Å². The predicted molar refractivity (Wildman–Crippen MR) is 214 cm³/mol. The van der Waals surface area contributed by atoms with Crippen LogP contribution in [0.1, 0.15) is 61.7 Å². The molecule has 0 bridgehead atoms. The monoisotopic (exact) mass is 811 g/mol. The molecular formula is C42H42ClN5O8S. The van der Waals surface area contributed by atoms with Crippen molar-refractivity contribution in [2.75, 3.05) is 36.7 Å². The number of amides is 5. The van der Waals surface area contributed by atoms with Gasteiger partial charge in [0, 0.05) is 37.5 Å². The molecule has 57 heavy (non-hydrogen) atoms. The fraction of sp³-hybridized carbons (Fsp3) is 0.310. The Balaban J connectivity index is 1.07. The van der Waals surface area contributed by atoms with Crippen LogP contribution in [0.25, 0.3) is 0 Å². The number of sulfonamides is 1. The number of hydrogen-bond donors (Lipinski definition) is 2. The second kappa shape index (κ2) is 16.4. The molecular weight excluding hydrogens is 770 g/mol. The molecule has 3 aliphatic heterocycles. The van der Waals surface area contributed by atoms with Crippen LogP contribution in [0.4, 0.5) is 10.5 Å². The largest absolute Gasteiger partial charge is 0.465 e. The molecule has 296 valence electrons. The highest BCUT2D eigenvalue weighted by atomic mass is 35.5. The molecule has 0 spiro atoms. The number of anilines is 1. The molecule has 1 saturated heterocycles. The van der Waals surface area contributed by atoms with Crippen LogP contribution in [-0.2, 0) is 39.0 Å². The van der Waals surface area contributed by atoms with Crippen LogP contribution in [0.15, 0.2) is 97.1 Å². The van der Waals surface area contributed by atoms with Gasteiger partial charge in [-0.05, 0) is 71.3 Å². The maximum absolute atomic E-state index is 14.3. The Labute approximate surface area is 335 Å². The highest BCUT2D eigenvalue weighted by Gasteiger charge is 2.39. The van der Waals surface area contributed by atoms with Crippen LogP contribution in [0, 0.1) is 0 Å². The number of para-hydroxylation sites is 1. The van der Waals surface area contributed by atoms with Crippen LogP contribution < -0.4 is 9.62 Å². The van der Waals surface area contributed by atoms with Crippen LogP contribution >= 0.6 is 11.6 Å². The highest BCUT2D eigenvalue weighted by molar-refractivity contribution is 7.92. The quantitative estimate of drug-likeness (QED) is 0.201. The van der Waals surface area contributed by atoms with Gasteiger partial charge in [0.2, 0.25) is 21.8 Å². The lowest BCUT2D eigenvalue weighted by Gasteiger charge is -2.37. The number of fused-ring (bicyclic) bond motifs is 2. The van der Waals surface area contributed by atoms with E-state index in [9.17, 15) is 37.5 Å². The Kier molecular flexibility index (Phi) is 11.4.